The van der Waals surface area contributed by atoms with E-state index in [4.69, 9.17) is 14.5 Å². The zero-order valence-corrected chi connectivity index (χ0v) is 16.6. The summed E-state index contributed by atoms with van der Waals surface area (Å²) in [5, 5.41) is 6.66. The number of hydrogen-bond donors (Lipinski definition) is 2. The van der Waals surface area contributed by atoms with Crippen LogP contribution in [0.2, 0.25) is 0 Å². The van der Waals surface area contributed by atoms with Gasteiger partial charge in [-0.05, 0) is 25.5 Å². The minimum Gasteiger partial charge on any atom is -0.381 e. The van der Waals surface area contributed by atoms with Crippen LogP contribution in [-0.4, -0.2) is 64.1 Å². The summed E-state index contributed by atoms with van der Waals surface area (Å²) >= 11 is 0. The lowest BCUT2D eigenvalue weighted by Gasteiger charge is -2.34. The third-order valence-corrected chi connectivity index (χ3v) is 5.49. The normalized spacial score (nSPS) is 22.4. The van der Waals surface area contributed by atoms with E-state index in [0.29, 0.717) is 38.8 Å². The summed E-state index contributed by atoms with van der Waals surface area (Å²) in [6.45, 7) is 5.75. The summed E-state index contributed by atoms with van der Waals surface area (Å²) in [6, 6.07) is 4.04. The molecule has 2 fully saturated rings. The summed E-state index contributed by atoms with van der Waals surface area (Å²) in [4.78, 5) is 6.47. The number of ether oxygens (including phenoxy) is 2. The second-order valence-electron chi connectivity index (χ2n) is 7.34. The average molecular weight is 396 g/mol. The maximum absolute atomic E-state index is 14.1. The molecule has 2 saturated heterocycles. The zero-order valence-electron chi connectivity index (χ0n) is 16.6. The Balaban J connectivity index is 1.63. The van der Waals surface area contributed by atoms with Crippen molar-refractivity contribution >= 4 is 11.6 Å². The average Bonchev–Trinajstić information content (AvgIpc) is 3.15. The number of nitrogens with one attached hydrogen (secondary N) is 2. The molecule has 3 rings (SSSR count). The van der Waals surface area contributed by atoms with Gasteiger partial charge in [0.2, 0.25) is 0 Å². The van der Waals surface area contributed by atoms with E-state index in [9.17, 15) is 8.78 Å². The maximum Gasteiger partial charge on any atom is 0.191 e. The van der Waals surface area contributed by atoms with Gasteiger partial charge in [-0.1, -0.05) is 6.07 Å². The van der Waals surface area contributed by atoms with E-state index >= 15 is 0 Å². The molecule has 0 aliphatic carbocycles. The molecule has 0 aromatic heterocycles. The van der Waals surface area contributed by atoms with Crippen molar-refractivity contribution in [3.8, 4) is 0 Å². The second kappa shape index (κ2) is 9.52. The van der Waals surface area contributed by atoms with Crippen molar-refractivity contribution in [1.29, 1.82) is 0 Å². The molecule has 1 aromatic carbocycles. The van der Waals surface area contributed by atoms with Gasteiger partial charge in [-0.25, -0.2) is 8.78 Å². The van der Waals surface area contributed by atoms with Crippen molar-refractivity contribution in [2.45, 2.75) is 37.8 Å². The van der Waals surface area contributed by atoms with Gasteiger partial charge in [0.25, 0.3) is 0 Å². The SMILES string of the molecule is CCNC(=NCC1(OC)CCOCC1)NC1CCN(c2c(F)cccc2F)C1. The Labute approximate surface area is 165 Å². The van der Waals surface area contributed by atoms with Gasteiger partial charge in [-0.2, -0.15) is 0 Å². The Morgan fingerprint density at radius 3 is 2.68 bits per heavy atom. The van der Waals surface area contributed by atoms with E-state index in [1.54, 1.807) is 12.0 Å². The number of halogens is 2. The largest absolute Gasteiger partial charge is 0.381 e. The van der Waals surface area contributed by atoms with Crippen LogP contribution in [0.15, 0.2) is 23.2 Å². The lowest BCUT2D eigenvalue weighted by atomic mass is 9.94. The summed E-state index contributed by atoms with van der Waals surface area (Å²) in [5.41, 5.74) is -0.243. The Hall–Kier alpha value is -1.93. The Bertz CT molecular complexity index is 660. The number of guanidine groups is 1. The second-order valence-corrected chi connectivity index (χ2v) is 7.34. The minimum absolute atomic E-state index is 0.0503. The number of aliphatic imine (C=N–C) groups is 1. The topological polar surface area (TPSA) is 58.1 Å². The van der Waals surface area contributed by atoms with Crippen molar-refractivity contribution < 1.29 is 18.3 Å². The molecule has 1 atom stereocenters. The fourth-order valence-electron chi connectivity index (χ4n) is 3.78. The van der Waals surface area contributed by atoms with E-state index in [2.05, 4.69) is 10.6 Å². The molecule has 156 valence electrons. The first-order chi connectivity index (χ1) is 13.6. The van der Waals surface area contributed by atoms with Crippen molar-refractivity contribution in [3.63, 3.8) is 0 Å². The van der Waals surface area contributed by atoms with Crippen molar-refractivity contribution in [2.24, 2.45) is 4.99 Å². The first-order valence-corrected chi connectivity index (χ1v) is 9.93. The highest BCUT2D eigenvalue weighted by atomic mass is 19.1. The van der Waals surface area contributed by atoms with Crippen LogP contribution < -0.4 is 15.5 Å². The van der Waals surface area contributed by atoms with Crippen LogP contribution in [0.25, 0.3) is 0 Å². The van der Waals surface area contributed by atoms with Crippen molar-refractivity contribution in [3.05, 3.63) is 29.8 Å². The number of hydrogen-bond acceptors (Lipinski definition) is 4. The number of anilines is 1. The molecule has 2 heterocycles. The molecule has 0 spiro atoms. The smallest absolute Gasteiger partial charge is 0.191 e. The molecule has 1 unspecified atom stereocenters. The number of benzene rings is 1. The molecule has 0 amide bonds. The van der Waals surface area contributed by atoms with Gasteiger partial charge in [-0.3, -0.25) is 4.99 Å². The molecule has 2 N–H and O–H groups in total. The maximum atomic E-state index is 14.1. The predicted molar refractivity (Wildman–Crippen MR) is 106 cm³/mol. The predicted octanol–water partition coefficient (Wildman–Crippen LogP) is 2.29. The van der Waals surface area contributed by atoms with Crippen LogP contribution in [0.5, 0.6) is 0 Å². The van der Waals surface area contributed by atoms with Gasteiger partial charge in [0, 0.05) is 58.8 Å². The summed E-state index contributed by atoms with van der Waals surface area (Å²) in [5.74, 6) is -0.350. The molecule has 0 saturated carbocycles. The molecule has 2 aliphatic rings. The molecule has 1 aromatic rings. The Kier molecular flexibility index (Phi) is 7.07. The lowest BCUT2D eigenvalue weighted by Crippen LogP contribution is -2.47. The van der Waals surface area contributed by atoms with Gasteiger partial charge < -0.3 is 25.0 Å². The molecule has 28 heavy (non-hydrogen) atoms. The van der Waals surface area contributed by atoms with Gasteiger partial charge in [0.05, 0.1) is 12.1 Å². The van der Waals surface area contributed by atoms with Gasteiger partial charge in [0.1, 0.15) is 17.3 Å². The first-order valence-electron chi connectivity index (χ1n) is 9.93. The molecule has 0 radical (unpaired) electrons. The third-order valence-electron chi connectivity index (χ3n) is 5.49. The summed E-state index contributed by atoms with van der Waals surface area (Å²) in [6.07, 6.45) is 2.41. The van der Waals surface area contributed by atoms with E-state index in [-0.39, 0.29) is 17.3 Å². The van der Waals surface area contributed by atoms with Gasteiger partial charge >= 0.3 is 0 Å². The lowest BCUT2D eigenvalue weighted by molar-refractivity contribution is -0.0828. The van der Waals surface area contributed by atoms with Crippen LogP contribution in [0.3, 0.4) is 0 Å². The number of rotatable bonds is 6. The van der Waals surface area contributed by atoms with Crippen LogP contribution >= 0.6 is 0 Å². The molecule has 2 aliphatic heterocycles. The van der Waals surface area contributed by atoms with Crippen LogP contribution in [0.1, 0.15) is 26.2 Å². The molecule has 8 heteroatoms. The fourth-order valence-corrected chi connectivity index (χ4v) is 3.78. The van der Waals surface area contributed by atoms with E-state index < -0.39 is 11.6 Å². The van der Waals surface area contributed by atoms with E-state index in [1.807, 2.05) is 6.92 Å². The van der Waals surface area contributed by atoms with Gasteiger partial charge in [0.15, 0.2) is 5.96 Å². The molecule has 0 bridgehead atoms. The summed E-state index contributed by atoms with van der Waals surface area (Å²) < 4.78 is 39.3. The van der Waals surface area contributed by atoms with Gasteiger partial charge in [-0.15, -0.1) is 0 Å². The molecular formula is C20H30F2N4O2. The van der Waals surface area contributed by atoms with E-state index in [1.165, 1.54) is 18.2 Å². The highest BCUT2D eigenvalue weighted by Gasteiger charge is 2.33. The fraction of sp³-hybridized carbons (Fsp3) is 0.650. The Morgan fingerprint density at radius 2 is 2.04 bits per heavy atom. The highest BCUT2D eigenvalue weighted by Crippen LogP contribution is 2.27. The van der Waals surface area contributed by atoms with Crippen molar-refractivity contribution in [2.75, 3.05) is 51.4 Å². The highest BCUT2D eigenvalue weighted by molar-refractivity contribution is 5.80. The van der Waals surface area contributed by atoms with Crippen molar-refractivity contribution in [1.82, 2.24) is 10.6 Å². The quantitative estimate of drug-likeness (QED) is 0.571. The monoisotopic (exact) mass is 396 g/mol. The number of methoxy groups -OCH3 is 1. The van der Waals surface area contributed by atoms with Crippen LogP contribution in [0.4, 0.5) is 14.5 Å². The minimum atomic E-state index is -0.525. The number of nitrogens with zero attached hydrogens (tertiary/aromatic N) is 2. The first kappa shape index (κ1) is 20.8. The third kappa shape index (κ3) is 4.91. The number of para-hydroxylation sites is 1. The molecular weight excluding hydrogens is 366 g/mol. The van der Waals surface area contributed by atoms with Crippen LogP contribution in [-0.2, 0) is 9.47 Å². The molecule has 6 nitrogen and oxygen atoms in total. The van der Waals surface area contributed by atoms with Crippen LogP contribution in [0, 0.1) is 11.6 Å². The zero-order chi connectivity index (χ0) is 20.0. The van der Waals surface area contributed by atoms with E-state index in [0.717, 1.165) is 25.8 Å². The summed E-state index contributed by atoms with van der Waals surface area (Å²) in [7, 11) is 1.72. The Morgan fingerprint density at radius 1 is 1.32 bits per heavy atom. The standard InChI is InChI=1S/C20H30F2N4O2/c1-3-23-19(24-14-20(27-2)8-11-28-12-9-20)25-15-7-10-26(13-15)18-16(21)5-4-6-17(18)22/h4-6,15H,3,7-14H2,1-2H3,(H2,23,24,25).